The van der Waals surface area contributed by atoms with Crippen LogP contribution >= 0.6 is 47.0 Å². The van der Waals surface area contributed by atoms with E-state index in [9.17, 15) is 4.79 Å². The average molecular weight is 499 g/mol. The minimum atomic E-state index is -1.80. The molecule has 2 N–H and O–H groups in total. The molecule has 1 amide bonds. The number of carbonyl (C=O) groups excluding carboxylic acids is 1. The molecule has 0 aliphatic carbocycles. The molecule has 164 valence electrons. The van der Waals surface area contributed by atoms with Crippen molar-refractivity contribution in [1.82, 2.24) is 15.2 Å². The summed E-state index contributed by atoms with van der Waals surface area (Å²) >= 11 is 24.5. The monoisotopic (exact) mass is 497 g/mol. The lowest BCUT2D eigenvalue weighted by molar-refractivity contribution is -0.117. The Labute approximate surface area is 202 Å². The third-order valence-electron chi connectivity index (χ3n) is 4.76. The third-order valence-corrected chi connectivity index (χ3v) is 5.83. The number of para-hydroxylation sites is 2. The molecule has 1 unspecified atom stereocenters. The minimum absolute atomic E-state index is 0.399. The van der Waals surface area contributed by atoms with Crippen LogP contribution in [-0.4, -0.2) is 51.0 Å². The van der Waals surface area contributed by atoms with Crippen molar-refractivity contribution >= 4 is 75.5 Å². The number of amides is 1. The largest absolute Gasteiger partial charge is 0.386 e. The van der Waals surface area contributed by atoms with Crippen molar-refractivity contribution in [3.63, 3.8) is 0 Å². The maximum Gasteiger partial charge on any atom is 0.245 e. The average Bonchev–Trinajstić information content (AvgIpc) is 2.76. The zero-order valence-corrected chi connectivity index (χ0v) is 19.8. The maximum atomic E-state index is 12.6. The summed E-state index contributed by atoms with van der Waals surface area (Å²) in [6, 6.07) is 11.4. The quantitative estimate of drug-likeness (QED) is 0.349. The van der Waals surface area contributed by atoms with Gasteiger partial charge in [-0.25, -0.2) is 0 Å². The number of pyridine rings is 1. The zero-order valence-electron chi connectivity index (χ0n) is 16.8. The molecule has 6 nitrogen and oxygen atoms in total. The van der Waals surface area contributed by atoms with Gasteiger partial charge in [0.25, 0.3) is 0 Å². The van der Waals surface area contributed by atoms with E-state index in [1.165, 1.54) is 6.08 Å². The van der Waals surface area contributed by atoms with Crippen LogP contribution in [0.3, 0.4) is 0 Å². The Morgan fingerprint density at radius 1 is 1.19 bits per heavy atom. The molecule has 1 aliphatic rings. The van der Waals surface area contributed by atoms with E-state index in [0.29, 0.717) is 11.7 Å². The summed E-state index contributed by atoms with van der Waals surface area (Å²) in [5, 5.41) is 6.43. The van der Waals surface area contributed by atoms with Gasteiger partial charge in [-0.2, -0.15) is 0 Å². The van der Waals surface area contributed by atoms with Crippen molar-refractivity contribution < 1.29 is 4.79 Å². The Balaban J connectivity index is 1.80. The van der Waals surface area contributed by atoms with Crippen LogP contribution in [0.2, 0.25) is 0 Å². The summed E-state index contributed by atoms with van der Waals surface area (Å²) in [5.74, 6) is -0.399. The number of aromatic nitrogens is 1. The number of anilines is 2. The molecule has 3 rings (SSSR count). The molecule has 1 fully saturated rings. The number of halogens is 3. The van der Waals surface area contributed by atoms with Gasteiger partial charge in [0.1, 0.15) is 0 Å². The first-order valence-electron chi connectivity index (χ1n) is 9.61. The third kappa shape index (κ3) is 6.01. The van der Waals surface area contributed by atoms with Gasteiger partial charge in [-0.1, -0.05) is 46.9 Å². The first-order valence-corrected chi connectivity index (χ1v) is 11.2. The molecule has 1 aromatic carbocycles. The molecule has 2 aromatic rings. The van der Waals surface area contributed by atoms with Crippen molar-refractivity contribution in [2.45, 2.75) is 16.4 Å². The predicted octanol–water partition coefficient (Wildman–Crippen LogP) is 4.45. The normalized spacial score (nSPS) is 15.8. The minimum Gasteiger partial charge on any atom is -0.386 e. The summed E-state index contributed by atoms with van der Waals surface area (Å²) < 4.78 is -1.80. The Morgan fingerprint density at radius 2 is 1.90 bits per heavy atom. The highest BCUT2D eigenvalue weighted by atomic mass is 35.6. The van der Waals surface area contributed by atoms with Crippen LogP contribution in [0.1, 0.15) is 12.0 Å². The fourth-order valence-corrected chi connectivity index (χ4v) is 4.20. The fraction of sp³-hybridized carbons (Fsp3) is 0.286. The van der Waals surface area contributed by atoms with E-state index in [2.05, 4.69) is 15.6 Å². The van der Waals surface area contributed by atoms with Crippen molar-refractivity contribution in [3.8, 4) is 0 Å². The molecule has 0 saturated carbocycles. The number of benzene rings is 1. The van der Waals surface area contributed by atoms with Crippen LogP contribution in [0.25, 0.3) is 6.08 Å². The van der Waals surface area contributed by atoms with Gasteiger partial charge in [-0.3, -0.25) is 9.78 Å². The first kappa shape index (κ1) is 23.6. The van der Waals surface area contributed by atoms with Gasteiger partial charge in [0.05, 0.1) is 11.4 Å². The lowest BCUT2D eigenvalue weighted by Gasteiger charge is -2.44. The van der Waals surface area contributed by atoms with Crippen LogP contribution < -0.4 is 15.5 Å². The molecule has 10 heteroatoms. The zero-order chi connectivity index (χ0) is 22.4. The van der Waals surface area contributed by atoms with E-state index in [-0.39, 0.29) is 0 Å². The number of nitrogens with one attached hydrogen (secondary N) is 2. The highest BCUT2D eigenvalue weighted by molar-refractivity contribution is 7.80. The van der Waals surface area contributed by atoms with E-state index in [1.54, 1.807) is 35.5 Å². The molecule has 1 saturated heterocycles. The van der Waals surface area contributed by atoms with Crippen molar-refractivity contribution in [3.05, 3.63) is 60.4 Å². The van der Waals surface area contributed by atoms with Crippen LogP contribution in [0, 0.1) is 0 Å². The van der Waals surface area contributed by atoms with E-state index in [1.807, 2.05) is 36.2 Å². The van der Waals surface area contributed by atoms with Gasteiger partial charge < -0.3 is 20.4 Å². The van der Waals surface area contributed by atoms with E-state index < -0.39 is 15.9 Å². The molecule has 0 radical (unpaired) electrons. The van der Waals surface area contributed by atoms with Gasteiger partial charge in [0.15, 0.2) is 11.3 Å². The highest BCUT2D eigenvalue weighted by Gasteiger charge is 2.42. The van der Waals surface area contributed by atoms with Crippen LogP contribution in [-0.2, 0) is 4.79 Å². The highest BCUT2D eigenvalue weighted by Crippen LogP contribution is 2.35. The number of hydrogen-bond donors (Lipinski definition) is 2. The second kappa shape index (κ2) is 10.5. The summed E-state index contributed by atoms with van der Waals surface area (Å²) in [5.41, 5.74) is 2.69. The lowest BCUT2D eigenvalue weighted by Crippen LogP contribution is -2.62. The topological polar surface area (TPSA) is 60.5 Å². The second-order valence-electron chi connectivity index (χ2n) is 6.81. The van der Waals surface area contributed by atoms with Crippen LogP contribution in [0.4, 0.5) is 11.4 Å². The number of hydrogen-bond acceptors (Lipinski definition) is 4. The van der Waals surface area contributed by atoms with Gasteiger partial charge in [-0.15, -0.1) is 0 Å². The molecule has 0 bridgehead atoms. The van der Waals surface area contributed by atoms with Crippen molar-refractivity contribution in [1.29, 1.82) is 0 Å². The number of thiocarbonyl (C=S) groups is 1. The number of nitrogens with zero attached hydrogens (tertiary/aromatic N) is 3. The molecule has 1 aliphatic heterocycles. The second-order valence-corrected chi connectivity index (χ2v) is 9.55. The van der Waals surface area contributed by atoms with E-state index >= 15 is 0 Å². The summed E-state index contributed by atoms with van der Waals surface area (Å²) in [6.45, 7) is 1.26. The molecule has 2 heterocycles. The van der Waals surface area contributed by atoms with Crippen molar-refractivity contribution in [2.75, 3.05) is 30.4 Å². The van der Waals surface area contributed by atoms with Crippen LogP contribution in [0.5, 0.6) is 0 Å². The SMILES string of the molecule is CNc1ccccc1N1CCCN(C(NC(=O)/C=C/c2ccncc2)C(Cl)(Cl)Cl)C1=S. The lowest BCUT2D eigenvalue weighted by atomic mass is 10.2. The molecular formula is C21H22Cl3N5OS. The fourth-order valence-electron chi connectivity index (χ4n) is 3.29. The van der Waals surface area contributed by atoms with Gasteiger partial charge in [0.2, 0.25) is 9.70 Å². The number of rotatable bonds is 6. The van der Waals surface area contributed by atoms with Gasteiger partial charge in [0, 0.05) is 38.6 Å². The van der Waals surface area contributed by atoms with Crippen LogP contribution in [0.15, 0.2) is 54.9 Å². The number of carbonyl (C=O) groups is 1. The Hall–Kier alpha value is -2.06. The van der Waals surface area contributed by atoms with Crippen molar-refractivity contribution in [2.24, 2.45) is 0 Å². The maximum absolute atomic E-state index is 12.6. The van der Waals surface area contributed by atoms with Gasteiger partial charge >= 0.3 is 0 Å². The first-order chi connectivity index (χ1) is 14.8. The summed E-state index contributed by atoms with van der Waals surface area (Å²) in [7, 11) is 1.85. The van der Waals surface area contributed by atoms with Gasteiger partial charge in [-0.05, 0) is 54.5 Å². The molecule has 1 aromatic heterocycles. The standard InChI is InChI=1S/C21H22Cl3N5OS/c1-25-16-5-2-3-6-17(16)28-13-4-14-29(20(28)31)19(21(22,23)24)27-18(30)8-7-15-9-11-26-12-10-15/h2-3,5-12,19,25H,4,13-14H2,1H3,(H,27,30)/b8-7+. The Kier molecular flexibility index (Phi) is 8.00. The smallest absolute Gasteiger partial charge is 0.245 e. The van der Waals surface area contributed by atoms with E-state index in [0.717, 1.165) is 29.9 Å². The van der Waals surface area contributed by atoms with E-state index in [4.69, 9.17) is 47.0 Å². The summed E-state index contributed by atoms with van der Waals surface area (Å²) in [6.07, 6.45) is 6.18. The molecule has 1 atom stereocenters. The Morgan fingerprint density at radius 3 is 2.58 bits per heavy atom. The Bertz CT molecular complexity index is 952. The molecular weight excluding hydrogens is 477 g/mol. The number of alkyl halides is 3. The summed E-state index contributed by atoms with van der Waals surface area (Å²) in [4.78, 5) is 20.3. The molecule has 31 heavy (non-hydrogen) atoms. The predicted molar refractivity (Wildman–Crippen MR) is 133 cm³/mol. The molecule has 0 spiro atoms.